The number of carbonyl (C=O) groups excluding carboxylic acids is 1. The van der Waals surface area contributed by atoms with E-state index < -0.39 is 10.7 Å². The van der Waals surface area contributed by atoms with Crippen LogP contribution in [0.2, 0.25) is 0 Å². The van der Waals surface area contributed by atoms with Gasteiger partial charge in [-0.05, 0) is 38.1 Å². The molecule has 0 bridgehead atoms. The number of rotatable bonds is 8. The molecule has 1 fully saturated rings. The van der Waals surface area contributed by atoms with Crippen LogP contribution in [0.15, 0.2) is 34.0 Å². The van der Waals surface area contributed by atoms with Crippen molar-refractivity contribution >= 4 is 35.0 Å². The molecule has 2 heterocycles. The molecule has 1 amide bonds. The Balaban J connectivity index is 1.47. The van der Waals surface area contributed by atoms with Crippen molar-refractivity contribution in [3.05, 3.63) is 40.9 Å². The minimum absolute atomic E-state index is 0.0108. The predicted octanol–water partition coefficient (Wildman–Crippen LogP) is 3.19. The number of carboxylic acids is 1. The summed E-state index contributed by atoms with van der Waals surface area (Å²) in [5, 5.41) is 11.1. The summed E-state index contributed by atoms with van der Waals surface area (Å²) in [5.74, 6) is -0.157. The van der Waals surface area contributed by atoms with E-state index in [1.807, 2.05) is 5.38 Å². The fourth-order valence-electron chi connectivity index (χ4n) is 2.63. The van der Waals surface area contributed by atoms with Gasteiger partial charge in [-0.15, -0.1) is 11.3 Å². The Morgan fingerprint density at radius 2 is 1.97 bits per heavy atom. The number of ether oxygens (including phenoxy) is 2. The average Bonchev–Trinajstić information content (AvgIpc) is 3.15. The number of nitrogens with zero attached hydrogens (tertiary/aromatic N) is 2. The molecule has 0 atom stereocenters. The lowest BCUT2D eigenvalue weighted by molar-refractivity contribution is -0.138. The van der Waals surface area contributed by atoms with E-state index in [0.29, 0.717) is 50.6 Å². The lowest BCUT2D eigenvalue weighted by Crippen LogP contribution is -2.40. The van der Waals surface area contributed by atoms with Gasteiger partial charge in [-0.1, -0.05) is 11.8 Å². The summed E-state index contributed by atoms with van der Waals surface area (Å²) in [6, 6.07) is 7.15. The van der Waals surface area contributed by atoms with Crippen molar-refractivity contribution in [3.8, 4) is 5.75 Å². The molecule has 9 heteroatoms. The van der Waals surface area contributed by atoms with Gasteiger partial charge in [0.15, 0.2) is 4.34 Å². The van der Waals surface area contributed by atoms with Gasteiger partial charge in [0.25, 0.3) is 5.91 Å². The second-order valence-corrected chi connectivity index (χ2v) is 9.78. The summed E-state index contributed by atoms with van der Waals surface area (Å²) in [7, 11) is 0. The van der Waals surface area contributed by atoms with Crippen LogP contribution in [0.3, 0.4) is 0 Å². The summed E-state index contributed by atoms with van der Waals surface area (Å²) < 4.78 is 10.9. The van der Waals surface area contributed by atoms with E-state index >= 15 is 0 Å². The second kappa shape index (κ2) is 9.60. The van der Waals surface area contributed by atoms with Crippen molar-refractivity contribution < 1.29 is 24.2 Å². The topological polar surface area (TPSA) is 89.0 Å². The Kier molecular flexibility index (Phi) is 7.15. The van der Waals surface area contributed by atoms with Crippen LogP contribution in [0.1, 0.15) is 29.9 Å². The number of aliphatic carboxylic acids is 1. The summed E-state index contributed by atoms with van der Waals surface area (Å²) in [6.07, 6.45) is 0.624. The van der Waals surface area contributed by atoms with Crippen molar-refractivity contribution in [1.29, 1.82) is 0 Å². The molecule has 0 saturated carbocycles. The summed E-state index contributed by atoms with van der Waals surface area (Å²) in [5.41, 5.74) is 1.51. The number of carboxylic acid groups (broad SMARTS) is 1. The van der Waals surface area contributed by atoms with E-state index in [0.717, 1.165) is 10.0 Å². The number of aromatic nitrogens is 1. The van der Waals surface area contributed by atoms with Crippen molar-refractivity contribution in [2.75, 3.05) is 32.9 Å². The van der Waals surface area contributed by atoms with Gasteiger partial charge in [-0.2, -0.15) is 0 Å². The van der Waals surface area contributed by atoms with Crippen LogP contribution in [-0.2, 0) is 16.0 Å². The number of hydrogen-bond donors (Lipinski definition) is 1. The van der Waals surface area contributed by atoms with Gasteiger partial charge >= 0.3 is 5.97 Å². The highest BCUT2D eigenvalue weighted by molar-refractivity contribution is 8.02. The van der Waals surface area contributed by atoms with E-state index in [1.54, 1.807) is 43.0 Å². The van der Waals surface area contributed by atoms with Gasteiger partial charge in [0.1, 0.15) is 10.5 Å². The zero-order valence-corrected chi connectivity index (χ0v) is 18.1. The molecule has 29 heavy (non-hydrogen) atoms. The quantitative estimate of drug-likeness (QED) is 0.636. The third-order valence-corrected chi connectivity index (χ3v) is 6.59. The van der Waals surface area contributed by atoms with Gasteiger partial charge in [0.05, 0.1) is 25.5 Å². The maximum Gasteiger partial charge on any atom is 0.319 e. The molecule has 1 aromatic carbocycles. The van der Waals surface area contributed by atoms with E-state index in [1.165, 1.54) is 23.1 Å². The highest BCUT2D eigenvalue weighted by Gasteiger charge is 2.29. The van der Waals surface area contributed by atoms with Gasteiger partial charge in [0.2, 0.25) is 0 Å². The van der Waals surface area contributed by atoms with Crippen LogP contribution in [-0.4, -0.2) is 64.5 Å². The molecular formula is C20H24N2O5S2. The standard InChI is InChI=1S/C20H24N2O5S2/c1-20(2,18(24)25)29-19-21-15(13-28-19)7-10-27-16-5-3-14(4-6-16)17(23)22-8-11-26-12-9-22/h3-6,13H,7-12H2,1-2H3,(H,24,25). The molecule has 3 rings (SSSR count). The molecule has 0 radical (unpaired) electrons. The second-order valence-electron chi connectivity index (χ2n) is 7.05. The Bertz CT molecular complexity index is 845. The number of morpholine rings is 1. The maximum absolute atomic E-state index is 12.4. The third-order valence-electron chi connectivity index (χ3n) is 4.41. The fourth-order valence-corrected chi connectivity index (χ4v) is 4.85. The van der Waals surface area contributed by atoms with Gasteiger partial charge in [-0.3, -0.25) is 9.59 Å². The number of thiazole rings is 1. The predicted molar refractivity (Wildman–Crippen MR) is 112 cm³/mol. The molecule has 0 aliphatic carbocycles. The van der Waals surface area contributed by atoms with E-state index in [2.05, 4.69) is 4.98 Å². The SMILES string of the molecule is CC(C)(Sc1nc(CCOc2ccc(C(=O)N3CCOCC3)cc2)cs1)C(=O)O. The van der Waals surface area contributed by atoms with Gasteiger partial charge in [-0.25, -0.2) is 4.98 Å². The lowest BCUT2D eigenvalue weighted by Gasteiger charge is -2.26. The van der Waals surface area contributed by atoms with E-state index in [9.17, 15) is 14.7 Å². The number of hydrogen-bond acceptors (Lipinski definition) is 7. The average molecular weight is 437 g/mol. The van der Waals surface area contributed by atoms with Gasteiger partial charge < -0.3 is 19.5 Å². The smallest absolute Gasteiger partial charge is 0.319 e. The molecule has 7 nitrogen and oxygen atoms in total. The Labute approximate surface area is 178 Å². The van der Waals surface area contributed by atoms with Gasteiger partial charge in [0, 0.05) is 30.5 Å². The minimum Gasteiger partial charge on any atom is -0.493 e. The summed E-state index contributed by atoms with van der Waals surface area (Å²) >= 11 is 2.68. The number of carbonyl (C=O) groups is 2. The zero-order chi connectivity index (χ0) is 20.9. The first-order valence-electron chi connectivity index (χ1n) is 9.32. The monoisotopic (exact) mass is 436 g/mol. The Morgan fingerprint density at radius 1 is 1.28 bits per heavy atom. The molecule has 1 N–H and O–H groups in total. The van der Waals surface area contributed by atoms with E-state index in [-0.39, 0.29) is 5.91 Å². The fraction of sp³-hybridized carbons (Fsp3) is 0.450. The maximum atomic E-state index is 12.4. The first-order chi connectivity index (χ1) is 13.8. The number of thioether (sulfide) groups is 1. The minimum atomic E-state index is -0.911. The summed E-state index contributed by atoms with van der Waals surface area (Å²) in [6.45, 7) is 6.18. The highest BCUT2D eigenvalue weighted by atomic mass is 32.2. The molecular weight excluding hydrogens is 412 g/mol. The Hall–Kier alpha value is -2.10. The number of amides is 1. The molecule has 1 aliphatic heterocycles. The largest absolute Gasteiger partial charge is 0.493 e. The molecule has 1 aliphatic rings. The van der Waals surface area contributed by atoms with Crippen molar-refractivity contribution in [2.24, 2.45) is 0 Å². The van der Waals surface area contributed by atoms with Crippen molar-refractivity contribution in [2.45, 2.75) is 29.4 Å². The molecule has 1 aromatic heterocycles. The molecule has 1 saturated heterocycles. The van der Waals surface area contributed by atoms with Crippen LogP contribution in [0, 0.1) is 0 Å². The van der Waals surface area contributed by atoms with Crippen LogP contribution in [0.25, 0.3) is 0 Å². The van der Waals surface area contributed by atoms with Crippen LogP contribution in [0.4, 0.5) is 0 Å². The van der Waals surface area contributed by atoms with E-state index in [4.69, 9.17) is 9.47 Å². The molecule has 156 valence electrons. The van der Waals surface area contributed by atoms with Crippen molar-refractivity contribution in [1.82, 2.24) is 9.88 Å². The first kappa shape index (κ1) is 21.6. The van der Waals surface area contributed by atoms with Crippen LogP contribution in [0.5, 0.6) is 5.75 Å². The third kappa shape index (κ3) is 5.94. The molecule has 2 aromatic rings. The zero-order valence-electron chi connectivity index (χ0n) is 16.4. The van der Waals surface area contributed by atoms with Crippen LogP contribution >= 0.6 is 23.1 Å². The van der Waals surface area contributed by atoms with Crippen molar-refractivity contribution in [3.63, 3.8) is 0 Å². The number of benzene rings is 1. The van der Waals surface area contributed by atoms with Crippen LogP contribution < -0.4 is 4.74 Å². The highest BCUT2D eigenvalue weighted by Crippen LogP contribution is 2.34. The Morgan fingerprint density at radius 3 is 2.62 bits per heavy atom. The normalized spacial score (nSPS) is 14.6. The summed E-state index contributed by atoms with van der Waals surface area (Å²) in [4.78, 5) is 29.9. The first-order valence-corrected chi connectivity index (χ1v) is 11.0. The molecule has 0 unspecified atom stereocenters. The molecule has 0 spiro atoms. The lowest BCUT2D eigenvalue weighted by atomic mass is 10.2.